The van der Waals surface area contributed by atoms with E-state index in [1.807, 2.05) is 48.5 Å². The summed E-state index contributed by atoms with van der Waals surface area (Å²) in [5.41, 5.74) is 5.97. The first-order valence-corrected chi connectivity index (χ1v) is 8.97. The van der Waals surface area contributed by atoms with Gasteiger partial charge >= 0.3 is 5.97 Å². The lowest BCUT2D eigenvalue weighted by Crippen LogP contribution is -2.09. The van der Waals surface area contributed by atoms with Gasteiger partial charge in [0.05, 0.1) is 5.56 Å². The number of benzene rings is 3. The predicted octanol–water partition coefficient (Wildman–Crippen LogP) is 6.14. The van der Waals surface area contributed by atoms with Crippen LogP contribution < -0.4 is 0 Å². The summed E-state index contributed by atoms with van der Waals surface area (Å²) in [5.74, 6) is 0.0280. The van der Waals surface area contributed by atoms with Gasteiger partial charge in [0.1, 0.15) is 6.61 Å². The molecular formula is C24H24O2. The molecule has 0 saturated carbocycles. The second-order valence-corrected chi connectivity index (χ2v) is 6.86. The zero-order valence-corrected chi connectivity index (χ0v) is 15.5. The van der Waals surface area contributed by atoms with Crippen molar-refractivity contribution >= 4 is 5.97 Å². The van der Waals surface area contributed by atoms with Crippen molar-refractivity contribution in [1.29, 1.82) is 0 Å². The molecule has 3 aromatic carbocycles. The third-order valence-electron chi connectivity index (χ3n) is 4.46. The van der Waals surface area contributed by atoms with E-state index in [0.717, 1.165) is 22.3 Å². The average molecular weight is 344 g/mol. The van der Waals surface area contributed by atoms with Crippen molar-refractivity contribution < 1.29 is 9.53 Å². The highest BCUT2D eigenvalue weighted by Gasteiger charge is 2.19. The lowest BCUT2D eigenvalue weighted by molar-refractivity contribution is 0.0473. The van der Waals surface area contributed by atoms with Gasteiger partial charge in [0.2, 0.25) is 0 Å². The van der Waals surface area contributed by atoms with E-state index in [1.54, 1.807) is 0 Å². The fourth-order valence-electron chi connectivity index (χ4n) is 3.15. The molecule has 0 unspecified atom stereocenters. The van der Waals surface area contributed by atoms with E-state index >= 15 is 0 Å². The minimum absolute atomic E-state index is 0.277. The molecule has 0 bridgehead atoms. The molecule has 0 spiro atoms. The van der Waals surface area contributed by atoms with Gasteiger partial charge in [-0.25, -0.2) is 4.79 Å². The van der Waals surface area contributed by atoms with E-state index in [0.29, 0.717) is 11.5 Å². The monoisotopic (exact) mass is 344 g/mol. The molecule has 0 aliphatic carbocycles. The Morgan fingerprint density at radius 1 is 0.923 bits per heavy atom. The number of ether oxygens (including phenoxy) is 1. The van der Waals surface area contributed by atoms with Crippen LogP contribution in [-0.2, 0) is 11.3 Å². The maximum absolute atomic E-state index is 12.8. The maximum atomic E-state index is 12.8. The normalized spacial score (nSPS) is 10.8. The Morgan fingerprint density at radius 3 is 2.35 bits per heavy atom. The second kappa shape index (κ2) is 8.01. The van der Waals surface area contributed by atoms with Crippen LogP contribution in [0.25, 0.3) is 11.1 Å². The summed E-state index contributed by atoms with van der Waals surface area (Å²) in [4.78, 5) is 12.8. The van der Waals surface area contributed by atoms with Crippen LogP contribution in [-0.4, -0.2) is 5.97 Å². The molecule has 0 atom stereocenters. The average Bonchev–Trinajstić information content (AvgIpc) is 2.66. The predicted molar refractivity (Wildman–Crippen MR) is 106 cm³/mol. The Balaban J connectivity index is 1.98. The number of carbonyl (C=O) groups is 1. The van der Waals surface area contributed by atoms with Gasteiger partial charge in [0.25, 0.3) is 0 Å². The molecule has 0 radical (unpaired) electrons. The lowest BCUT2D eigenvalue weighted by Gasteiger charge is -2.17. The van der Waals surface area contributed by atoms with Crippen molar-refractivity contribution in [3.8, 4) is 11.1 Å². The molecule has 26 heavy (non-hydrogen) atoms. The van der Waals surface area contributed by atoms with Crippen LogP contribution in [0.4, 0.5) is 0 Å². The molecule has 0 N–H and O–H groups in total. The highest BCUT2D eigenvalue weighted by molar-refractivity contribution is 5.98. The van der Waals surface area contributed by atoms with Crippen LogP contribution in [0.15, 0.2) is 72.8 Å². The Bertz CT molecular complexity index is 895. The summed E-state index contributed by atoms with van der Waals surface area (Å²) in [5, 5.41) is 0. The van der Waals surface area contributed by atoms with Crippen LogP contribution in [0, 0.1) is 6.92 Å². The zero-order valence-electron chi connectivity index (χ0n) is 15.5. The molecule has 0 heterocycles. The first kappa shape index (κ1) is 17.9. The highest BCUT2D eigenvalue weighted by atomic mass is 16.5. The molecule has 0 aliphatic heterocycles. The van der Waals surface area contributed by atoms with E-state index in [4.69, 9.17) is 4.74 Å². The summed E-state index contributed by atoms with van der Waals surface area (Å²) < 4.78 is 5.60. The fourth-order valence-corrected chi connectivity index (χ4v) is 3.15. The van der Waals surface area contributed by atoms with Gasteiger partial charge in [0.15, 0.2) is 0 Å². The number of aryl methyl sites for hydroxylation is 1. The van der Waals surface area contributed by atoms with Crippen LogP contribution in [0.5, 0.6) is 0 Å². The summed E-state index contributed by atoms with van der Waals surface area (Å²) in [6.07, 6.45) is 0. The summed E-state index contributed by atoms with van der Waals surface area (Å²) >= 11 is 0. The van der Waals surface area contributed by atoms with E-state index in [9.17, 15) is 4.79 Å². The summed E-state index contributed by atoms with van der Waals surface area (Å²) in [6.45, 7) is 6.63. The van der Waals surface area contributed by atoms with E-state index in [1.165, 1.54) is 5.56 Å². The SMILES string of the molecule is Cc1cccc(-c2c(C(=O)OCc3ccccc3)cccc2C(C)C)c1. The molecule has 0 saturated heterocycles. The summed E-state index contributed by atoms with van der Waals surface area (Å²) in [7, 11) is 0. The Labute approximate surface area is 155 Å². The molecule has 3 aromatic rings. The maximum Gasteiger partial charge on any atom is 0.339 e. The van der Waals surface area contributed by atoms with Crippen LogP contribution in [0.2, 0.25) is 0 Å². The summed E-state index contributed by atoms with van der Waals surface area (Å²) in [6, 6.07) is 23.9. The topological polar surface area (TPSA) is 26.3 Å². The Hall–Kier alpha value is -2.87. The van der Waals surface area contributed by atoms with Gasteiger partial charge in [-0.05, 0) is 41.2 Å². The Morgan fingerprint density at radius 2 is 1.65 bits per heavy atom. The van der Waals surface area contributed by atoms with Crippen molar-refractivity contribution in [2.24, 2.45) is 0 Å². The number of rotatable bonds is 5. The largest absolute Gasteiger partial charge is 0.457 e. The first-order chi connectivity index (χ1) is 12.6. The molecule has 0 aliphatic rings. The smallest absolute Gasteiger partial charge is 0.339 e. The fraction of sp³-hybridized carbons (Fsp3) is 0.208. The molecule has 2 nitrogen and oxygen atoms in total. The van der Waals surface area contributed by atoms with E-state index in [2.05, 4.69) is 45.0 Å². The van der Waals surface area contributed by atoms with E-state index in [-0.39, 0.29) is 12.6 Å². The van der Waals surface area contributed by atoms with Crippen LogP contribution >= 0.6 is 0 Å². The van der Waals surface area contributed by atoms with Crippen molar-refractivity contribution in [2.45, 2.75) is 33.3 Å². The Kier molecular flexibility index (Phi) is 5.52. The van der Waals surface area contributed by atoms with Crippen LogP contribution in [0.1, 0.15) is 46.8 Å². The van der Waals surface area contributed by atoms with Gasteiger partial charge in [0, 0.05) is 0 Å². The van der Waals surface area contributed by atoms with Gasteiger partial charge in [-0.2, -0.15) is 0 Å². The van der Waals surface area contributed by atoms with Gasteiger partial charge in [-0.3, -0.25) is 0 Å². The first-order valence-electron chi connectivity index (χ1n) is 8.97. The third-order valence-corrected chi connectivity index (χ3v) is 4.46. The minimum Gasteiger partial charge on any atom is -0.457 e. The van der Waals surface area contributed by atoms with Crippen molar-refractivity contribution in [2.75, 3.05) is 0 Å². The second-order valence-electron chi connectivity index (χ2n) is 6.86. The van der Waals surface area contributed by atoms with Gasteiger partial charge < -0.3 is 4.74 Å². The molecule has 3 rings (SSSR count). The van der Waals surface area contributed by atoms with Crippen molar-refractivity contribution in [3.05, 3.63) is 95.1 Å². The molecule has 0 amide bonds. The van der Waals surface area contributed by atoms with E-state index < -0.39 is 0 Å². The number of hydrogen-bond donors (Lipinski definition) is 0. The van der Waals surface area contributed by atoms with Crippen molar-refractivity contribution in [1.82, 2.24) is 0 Å². The number of hydrogen-bond acceptors (Lipinski definition) is 2. The van der Waals surface area contributed by atoms with Crippen LogP contribution in [0.3, 0.4) is 0 Å². The standard InChI is InChI=1S/C24H24O2/c1-17(2)21-13-8-14-22(23(21)20-12-7-9-18(3)15-20)24(25)26-16-19-10-5-4-6-11-19/h4-15,17H,16H2,1-3H3. The van der Waals surface area contributed by atoms with Gasteiger partial charge in [-0.15, -0.1) is 0 Å². The number of esters is 1. The quantitative estimate of drug-likeness (QED) is 0.519. The number of carbonyl (C=O) groups excluding carboxylic acids is 1. The molecule has 0 fully saturated rings. The zero-order chi connectivity index (χ0) is 18.5. The molecule has 132 valence electrons. The van der Waals surface area contributed by atoms with Crippen molar-refractivity contribution in [3.63, 3.8) is 0 Å². The molecule has 2 heteroatoms. The lowest BCUT2D eigenvalue weighted by atomic mass is 9.88. The molecule has 0 aromatic heterocycles. The molecular weight excluding hydrogens is 320 g/mol. The third kappa shape index (κ3) is 4.02. The highest BCUT2D eigenvalue weighted by Crippen LogP contribution is 2.33. The van der Waals surface area contributed by atoms with Gasteiger partial charge in [-0.1, -0.05) is 86.1 Å². The minimum atomic E-state index is -0.284.